The molecule has 0 aromatic carbocycles. The summed E-state index contributed by atoms with van der Waals surface area (Å²) in [7, 11) is -3.81. The Hall–Kier alpha value is -1.07. The van der Waals surface area contributed by atoms with E-state index in [0.717, 1.165) is 6.92 Å². The quantitative estimate of drug-likeness (QED) is 0.315. The smallest absolute Gasteiger partial charge is 0.359 e. The molecule has 11 nitrogen and oxygen atoms in total. The van der Waals surface area contributed by atoms with Crippen LogP contribution < -0.4 is 5.73 Å². The Kier molecular flexibility index (Phi) is 9.99. The van der Waals surface area contributed by atoms with Crippen LogP contribution in [-0.2, 0) is 37.4 Å². The number of carbonyl (C=O) groups is 2. The minimum atomic E-state index is -3.81. The summed E-state index contributed by atoms with van der Waals surface area (Å²) in [6.45, 7) is 4.93. The van der Waals surface area contributed by atoms with Gasteiger partial charge in [0.25, 0.3) is 0 Å². The van der Waals surface area contributed by atoms with E-state index in [2.05, 4.69) is 0 Å². The third-order valence-corrected chi connectivity index (χ3v) is 6.31. The van der Waals surface area contributed by atoms with Crippen LogP contribution in [0.15, 0.2) is 0 Å². The summed E-state index contributed by atoms with van der Waals surface area (Å²) >= 11 is 0. The van der Waals surface area contributed by atoms with E-state index in [9.17, 15) is 24.4 Å². The lowest BCUT2D eigenvalue weighted by molar-refractivity contribution is -0.195. The number of carbonyl (C=O) groups excluding carboxylic acids is 2. The molecule has 1 fully saturated rings. The van der Waals surface area contributed by atoms with Gasteiger partial charge in [-0.25, -0.2) is 0 Å². The fourth-order valence-corrected chi connectivity index (χ4v) is 4.84. The number of hydrogen-bond donors (Lipinski definition) is 3. The maximum atomic E-state index is 13.2. The highest BCUT2D eigenvalue weighted by molar-refractivity contribution is 7.54. The van der Waals surface area contributed by atoms with Gasteiger partial charge in [-0.3, -0.25) is 14.2 Å². The Labute approximate surface area is 163 Å². The van der Waals surface area contributed by atoms with Gasteiger partial charge in [0.2, 0.25) is 0 Å². The summed E-state index contributed by atoms with van der Waals surface area (Å²) in [5.74, 6) is -2.57. The van der Waals surface area contributed by atoms with Crippen molar-refractivity contribution in [2.75, 3.05) is 19.8 Å². The molecule has 0 radical (unpaired) electrons. The first kappa shape index (κ1) is 25.0. The molecule has 1 rings (SSSR count). The van der Waals surface area contributed by atoms with E-state index in [1.165, 1.54) is 6.92 Å². The molecule has 12 heteroatoms. The van der Waals surface area contributed by atoms with Crippen LogP contribution in [-0.4, -0.2) is 78.3 Å². The van der Waals surface area contributed by atoms with Crippen LogP contribution in [0.3, 0.4) is 0 Å². The molecule has 0 aromatic heterocycles. The van der Waals surface area contributed by atoms with Gasteiger partial charge >= 0.3 is 19.5 Å². The van der Waals surface area contributed by atoms with Gasteiger partial charge in [0.15, 0.2) is 11.9 Å². The van der Waals surface area contributed by atoms with E-state index in [-0.39, 0.29) is 19.6 Å². The van der Waals surface area contributed by atoms with Crippen LogP contribution >= 0.6 is 7.60 Å². The second-order valence-corrected chi connectivity index (χ2v) is 8.39. The van der Waals surface area contributed by atoms with Crippen molar-refractivity contribution >= 4 is 19.5 Å². The number of aliphatic hydroxyl groups excluding tert-OH is 2. The van der Waals surface area contributed by atoms with Gasteiger partial charge in [0, 0.05) is 20.3 Å². The molecule has 0 amide bonds. The predicted octanol–water partition coefficient (Wildman–Crippen LogP) is -0.0886. The van der Waals surface area contributed by atoms with E-state index >= 15 is 0 Å². The maximum Gasteiger partial charge on any atom is 0.359 e. The van der Waals surface area contributed by atoms with Gasteiger partial charge in [-0.1, -0.05) is 0 Å². The lowest BCUT2D eigenvalue weighted by Crippen LogP contribution is -2.62. The van der Waals surface area contributed by atoms with E-state index in [4.69, 9.17) is 29.0 Å². The minimum absolute atomic E-state index is 0.0682. The first-order chi connectivity index (χ1) is 13.1. The summed E-state index contributed by atoms with van der Waals surface area (Å²) in [5.41, 5.74) is 6.14. The Morgan fingerprint density at radius 3 is 2.21 bits per heavy atom. The van der Waals surface area contributed by atoms with E-state index in [1.54, 1.807) is 13.8 Å². The molecule has 1 unspecified atom stereocenters. The van der Waals surface area contributed by atoms with Gasteiger partial charge < -0.3 is 39.2 Å². The zero-order valence-corrected chi connectivity index (χ0v) is 17.4. The van der Waals surface area contributed by atoms with Crippen molar-refractivity contribution in [1.29, 1.82) is 0 Å². The highest BCUT2D eigenvalue weighted by Crippen LogP contribution is 2.57. The second kappa shape index (κ2) is 11.2. The van der Waals surface area contributed by atoms with Crippen molar-refractivity contribution < 1.29 is 47.6 Å². The van der Waals surface area contributed by atoms with E-state index in [1.807, 2.05) is 0 Å². The summed E-state index contributed by atoms with van der Waals surface area (Å²) in [5, 5.41) is 19.4. The molecule has 6 atom stereocenters. The number of aliphatic hydroxyl groups is 2. The van der Waals surface area contributed by atoms with Crippen molar-refractivity contribution in [2.45, 2.75) is 70.4 Å². The zero-order chi connectivity index (χ0) is 21.5. The number of hydrogen-bond acceptors (Lipinski definition) is 11. The van der Waals surface area contributed by atoms with Gasteiger partial charge in [-0.05, 0) is 13.8 Å². The van der Waals surface area contributed by atoms with Gasteiger partial charge in [0.1, 0.15) is 18.3 Å². The second-order valence-electron chi connectivity index (χ2n) is 6.22. The van der Waals surface area contributed by atoms with Crippen molar-refractivity contribution in [2.24, 2.45) is 5.73 Å². The largest absolute Gasteiger partial charge is 0.461 e. The van der Waals surface area contributed by atoms with Crippen molar-refractivity contribution in [3.05, 3.63) is 0 Å². The molecule has 28 heavy (non-hydrogen) atoms. The zero-order valence-electron chi connectivity index (χ0n) is 16.5. The molecule has 0 aliphatic carbocycles. The minimum Gasteiger partial charge on any atom is -0.461 e. The summed E-state index contributed by atoms with van der Waals surface area (Å²) in [6, 6.07) is -1.04. The first-order valence-electron chi connectivity index (χ1n) is 9.02. The molecular weight excluding hydrogens is 397 g/mol. The van der Waals surface area contributed by atoms with E-state index in [0.29, 0.717) is 0 Å². The third-order valence-electron chi connectivity index (χ3n) is 4.04. The molecule has 1 heterocycles. The lowest BCUT2D eigenvalue weighted by Gasteiger charge is -2.44. The molecule has 4 N–H and O–H groups in total. The van der Waals surface area contributed by atoms with E-state index < -0.39 is 62.4 Å². The Bertz CT molecular complexity index is 564. The van der Waals surface area contributed by atoms with Gasteiger partial charge in [-0.2, -0.15) is 0 Å². The fourth-order valence-electron chi connectivity index (χ4n) is 2.96. The molecule has 0 bridgehead atoms. The maximum absolute atomic E-state index is 13.2. The van der Waals surface area contributed by atoms with Crippen LogP contribution in [0.1, 0.15) is 34.1 Å². The Morgan fingerprint density at radius 1 is 1.21 bits per heavy atom. The molecule has 0 spiro atoms. The highest BCUT2D eigenvalue weighted by atomic mass is 31.2. The molecular formula is C16H30NO10P. The lowest BCUT2D eigenvalue weighted by atomic mass is 9.93. The topological polar surface area (TPSA) is 164 Å². The predicted molar refractivity (Wildman–Crippen MR) is 96.3 cm³/mol. The molecule has 1 aliphatic heterocycles. The molecule has 0 saturated carbocycles. The van der Waals surface area contributed by atoms with Crippen LogP contribution in [0, 0.1) is 0 Å². The molecule has 164 valence electrons. The number of esters is 2. The summed E-state index contributed by atoms with van der Waals surface area (Å²) in [4.78, 5) is 23.0. The van der Waals surface area contributed by atoms with Crippen molar-refractivity contribution in [1.82, 2.24) is 0 Å². The summed E-state index contributed by atoms with van der Waals surface area (Å²) in [6.07, 6.45) is -5.23. The van der Waals surface area contributed by atoms with Crippen LogP contribution in [0.25, 0.3) is 0 Å². The van der Waals surface area contributed by atoms with Gasteiger partial charge in [0.05, 0.1) is 25.9 Å². The highest BCUT2D eigenvalue weighted by Gasteiger charge is 2.51. The summed E-state index contributed by atoms with van der Waals surface area (Å²) < 4.78 is 39.9. The number of ether oxygens (including phenoxy) is 3. The Balaban J connectivity index is 3.29. The standard InChI is InChI=1S/C16H30NO10P/c1-5-23-28(22,24-6-2)13-7-12(25-9(3)19)14(17)16(27-13)15(11(21)8-18)26-10(4)20/h11-16,18,21H,5-8,17H2,1-4H3/t11-,12+,13?,14-,15-,16-/m1/s1. The van der Waals surface area contributed by atoms with Crippen molar-refractivity contribution in [3.8, 4) is 0 Å². The average molecular weight is 427 g/mol. The number of nitrogens with two attached hydrogens (primary N) is 1. The van der Waals surface area contributed by atoms with Gasteiger partial charge in [-0.15, -0.1) is 0 Å². The van der Waals surface area contributed by atoms with Crippen LogP contribution in [0.2, 0.25) is 0 Å². The molecule has 1 aliphatic rings. The SMILES string of the molecule is CCOP(=O)(OCC)C1C[C@H](OC(C)=O)[C@@H](N)[C@H]([C@H](OC(C)=O)[C@H](O)CO)O1. The normalized spacial score (nSPS) is 27.7. The molecule has 0 aromatic rings. The average Bonchev–Trinajstić information content (AvgIpc) is 2.60. The monoisotopic (exact) mass is 427 g/mol. The Morgan fingerprint density at radius 2 is 1.79 bits per heavy atom. The third kappa shape index (κ3) is 6.48. The van der Waals surface area contributed by atoms with Crippen LogP contribution in [0.5, 0.6) is 0 Å². The van der Waals surface area contributed by atoms with Crippen molar-refractivity contribution in [3.63, 3.8) is 0 Å². The fraction of sp³-hybridized carbons (Fsp3) is 0.875. The van der Waals surface area contributed by atoms with Crippen LogP contribution in [0.4, 0.5) is 0 Å². The number of rotatable bonds is 10. The first-order valence-corrected chi connectivity index (χ1v) is 10.6. The molecule has 1 saturated heterocycles.